The van der Waals surface area contributed by atoms with E-state index in [1.165, 1.54) is 29.9 Å². The number of benzene rings is 1. The summed E-state index contributed by atoms with van der Waals surface area (Å²) in [6.07, 6.45) is 4.72. The first-order valence-corrected chi connectivity index (χ1v) is 9.61. The SMILES string of the molecule is BrCc1cccc(OC2CCOC3(CCSCC3)C2)c1. The first kappa shape index (κ1) is 14.7. The zero-order valence-corrected chi connectivity index (χ0v) is 14.0. The van der Waals surface area contributed by atoms with Gasteiger partial charge in [-0.05, 0) is 42.0 Å². The van der Waals surface area contributed by atoms with Crippen molar-refractivity contribution in [2.24, 2.45) is 0 Å². The van der Waals surface area contributed by atoms with Gasteiger partial charge in [-0.25, -0.2) is 0 Å². The molecule has 2 nitrogen and oxygen atoms in total. The number of rotatable bonds is 3. The second kappa shape index (κ2) is 6.71. The van der Waals surface area contributed by atoms with Crippen LogP contribution in [0.3, 0.4) is 0 Å². The Morgan fingerprint density at radius 3 is 3.00 bits per heavy atom. The van der Waals surface area contributed by atoms with Crippen LogP contribution in [0.2, 0.25) is 0 Å². The van der Waals surface area contributed by atoms with Gasteiger partial charge in [-0.3, -0.25) is 0 Å². The van der Waals surface area contributed by atoms with Crippen LogP contribution in [0.4, 0.5) is 0 Å². The molecule has 1 aromatic carbocycles. The molecule has 2 aliphatic rings. The molecular weight excluding hydrogens is 336 g/mol. The van der Waals surface area contributed by atoms with Crippen molar-refractivity contribution in [3.8, 4) is 5.75 Å². The molecule has 4 heteroatoms. The van der Waals surface area contributed by atoms with E-state index in [0.29, 0.717) is 6.10 Å². The molecule has 2 heterocycles. The summed E-state index contributed by atoms with van der Waals surface area (Å²) in [7, 11) is 0. The monoisotopic (exact) mass is 356 g/mol. The van der Waals surface area contributed by atoms with E-state index in [1.807, 2.05) is 11.8 Å². The number of thioether (sulfide) groups is 1. The summed E-state index contributed by atoms with van der Waals surface area (Å²) in [5.41, 5.74) is 1.36. The summed E-state index contributed by atoms with van der Waals surface area (Å²) in [6.45, 7) is 0.841. The summed E-state index contributed by atoms with van der Waals surface area (Å²) >= 11 is 5.54. The van der Waals surface area contributed by atoms with E-state index in [-0.39, 0.29) is 5.60 Å². The average molecular weight is 357 g/mol. The van der Waals surface area contributed by atoms with Crippen molar-refractivity contribution >= 4 is 27.7 Å². The molecule has 0 N–H and O–H groups in total. The topological polar surface area (TPSA) is 18.5 Å². The van der Waals surface area contributed by atoms with Crippen molar-refractivity contribution < 1.29 is 9.47 Å². The van der Waals surface area contributed by atoms with E-state index in [2.05, 4.69) is 40.2 Å². The van der Waals surface area contributed by atoms with E-state index in [1.54, 1.807) is 0 Å². The van der Waals surface area contributed by atoms with Crippen LogP contribution in [0.1, 0.15) is 31.2 Å². The molecule has 2 saturated heterocycles. The maximum atomic E-state index is 6.22. The van der Waals surface area contributed by atoms with E-state index in [0.717, 1.165) is 30.5 Å². The van der Waals surface area contributed by atoms with Crippen LogP contribution in [-0.4, -0.2) is 29.8 Å². The predicted octanol–water partition coefficient (Wildman–Crippen LogP) is 4.41. The molecule has 1 atom stereocenters. The first-order valence-electron chi connectivity index (χ1n) is 7.33. The van der Waals surface area contributed by atoms with Crippen molar-refractivity contribution in [2.45, 2.75) is 42.7 Å². The Balaban J connectivity index is 1.64. The number of hydrogen-bond acceptors (Lipinski definition) is 3. The van der Waals surface area contributed by atoms with Crippen molar-refractivity contribution in [1.29, 1.82) is 0 Å². The highest BCUT2D eigenvalue weighted by Gasteiger charge is 2.39. The predicted molar refractivity (Wildman–Crippen MR) is 88.0 cm³/mol. The van der Waals surface area contributed by atoms with Gasteiger partial charge in [0.25, 0.3) is 0 Å². The summed E-state index contributed by atoms with van der Waals surface area (Å²) < 4.78 is 12.3. The number of ether oxygens (including phenoxy) is 2. The zero-order chi connectivity index (χ0) is 13.8. The summed E-state index contributed by atoms with van der Waals surface area (Å²) in [5, 5.41) is 0.874. The molecule has 20 heavy (non-hydrogen) atoms. The number of halogens is 1. The van der Waals surface area contributed by atoms with Crippen LogP contribution >= 0.6 is 27.7 Å². The van der Waals surface area contributed by atoms with Gasteiger partial charge in [0.15, 0.2) is 0 Å². The molecule has 0 aromatic heterocycles. The van der Waals surface area contributed by atoms with Gasteiger partial charge in [-0.2, -0.15) is 11.8 Å². The van der Waals surface area contributed by atoms with Gasteiger partial charge in [0.2, 0.25) is 0 Å². The minimum atomic E-state index is 0.0984. The van der Waals surface area contributed by atoms with Gasteiger partial charge in [0.05, 0.1) is 12.2 Å². The van der Waals surface area contributed by atoms with Gasteiger partial charge >= 0.3 is 0 Å². The molecular formula is C16H21BrO2S. The van der Waals surface area contributed by atoms with Crippen molar-refractivity contribution in [3.63, 3.8) is 0 Å². The molecule has 3 rings (SSSR count). The van der Waals surface area contributed by atoms with E-state index in [4.69, 9.17) is 9.47 Å². The minimum absolute atomic E-state index is 0.0984. The van der Waals surface area contributed by atoms with E-state index >= 15 is 0 Å². The Hall–Kier alpha value is -0.190. The maximum absolute atomic E-state index is 6.22. The lowest BCUT2D eigenvalue weighted by molar-refractivity contribution is -0.116. The fraction of sp³-hybridized carbons (Fsp3) is 0.625. The van der Waals surface area contributed by atoms with Crippen molar-refractivity contribution in [1.82, 2.24) is 0 Å². The Bertz CT molecular complexity index is 440. The smallest absolute Gasteiger partial charge is 0.120 e. The molecule has 1 unspecified atom stereocenters. The summed E-state index contributed by atoms with van der Waals surface area (Å²) in [5.74, 6) is 3.45. The first-order chi connectivity index (χ1) is 9.80. The van der Waals surface area contributed by atoms with Crippen molar-refractivity contribution in [2.75, 3.05) is 18.1 Å². The Morgan fingerprint density at radius 2 is 2.20 bits per heavy atom. The highest BCUT2D eigenvalue weighted by Crippen LogP contribution is 2.38. The van der Waals surface area contributed by atoms with Crippen LogP contribution in [0.5, 0.6) is 5.75 Å². The Kier molecular flexibility index (Phi) is 4.95. The molecule has 110 valence electrons. The van der Waals surface area contributed by atoms with Crippen LogP contribution in [0, 0.1) is 0 Å². The molecule has 0 amide bonds. The lowest BCUT2D eigenvalue weighted by atomic mass is 9.86. The molecule has 0 saturated carbocycles. The van der Waals surface area contributed by atoms with Gasteiger partial charge < -0.3 is 9.47 Å². The second-order valence-electron chi connectivity index (χ2n) is 5.66. The summed E-state index contributed by atoms with van der Waals surface area (Å²) in [4.78, 5) is 0. The van der Waals surface area contributed by atoms with Gasteiger partial charge in [0.1, 0.15) is 11.9 Å². The van der Waals surface area contributed by atoms with Crippen LogP contribution in [0.25, 0.3) is 0 Å². The Morgan fingerprint density at radius 1 is 1.35 bits per heavy atom. The third kappa shape index (κ3) is 3.52. The van der Waals surface area contributed by atoms with Crippen LogP contribution < -0.4 is 4.74 Å². The lowest BCUT2D eigenvalue weighted by Crippen LogP contribution is -2.46. The molecule has 0 bridgehead atoms. The molecule has 0 radical (unpaired) electrons. The standard InChI is InChI=1S/C16H21BrO2S/c17-12-13-2-1-3-14(10-13)19-15-4-7-18-16(11-15)5-8-20-9-6-16/h1-3,10,15H,4-9,11-12H2. The average Bonchev–Trinajstić information content (AvgIpc) is 2.48. The normalized spacial score (nSPS) is 25.6. The van der Waals surface area contributed by atoms with Gasteiger partial charge in [-0.15, -0.1) is 0 Å². The molecule has 2 fully saturated rings. The van der Waals surface area contributed by atoms with Gasteiger partial charge in [-0.1, -0.05) is 28.1 Å². The quantitative estimate of drug-likeness (QED) is 0.747. The fourth-order valence-corrected chi connectivity index (χ4v) is 4.66. The largest absolute Gasteiger partial charge is 0.490 e. The lowest BCUT2D eigenvalue weighted by Gasteiger charge is -2.43. The fourth-order valence-electron chi connectivity index (χ4n) is 3.07. The molecule has 1 aromatic rings. The third-order valence-corrected chi connectivity index (χ3v) is 5.84. The van der Waals surface area contributed by atoms with Crippen molar-refractivity contribution in [3.05, 3.63) is 29.8 Å². The Labute approximate surface area is 133 Å². The van der Waals surface area contributed by atoms with Crippen LogP contribution in [0.15, 0.2) is 24.3 Å². The third-order valence-electron chi connectivity index (χ3n) is 4.21. The highest BCUT2D eigenvalue weighted by atomic mass is 79.9. The van der Waals surface area contributed by atoms with Gasteiger partial charge in [0, 0.05) is 18.2 Å². The number of hydrogen-bond donors (Lipinski definition) is 0. The van der Waals surface area contributed by atoms with Crippen LogP contribution in [-0.2, 0) is 10.1 Å². The zero-order valence-electron chi connectivity index (χ0n) is 11.6. The van der Waals surface area contributed by atoms with E-state index < -0.39 is 0 Å². The summed E-state index contributed by atoms with van der Waals surface area (Å²) in [6, 6.07) is 8.38. The minimum Gasteiger partial charge on any atom is -0.490 e. The molecule has 0 aliphatic carbocycles. The number of alkyl halides is 1. The highest BCUT2D eigenvalue weighted by molar-refractivity contribution is 9.08. The molecule has 2 aliphatic heterocycles. The second-order valence-corrected chi connectivity index (χ2v) is 7.44. The maximum Gasteiger partial charge on any atom is 0.120 e. The molecule has 1 spiro atoms. The van der Waals surface area contributed by atoms with E-state index in [9.17, 15) is 0 Å².